The third-order valence-electron chi connectivity index (χ3n) is 3.06. The first-order valence-corrected chi connectivity index (χ1v) is 5.96. The van der Waals surface area contributed by atoms with Gasteiger partial charge in [-0.15, -0.1) is 0 Å². The van der Waals surface area contributed by atoms with Crippen LogP contribution in [0.5, 0.6) is 0 Å². The minimum Gasteiger partial charge on any atom is -0.463 e. The molecule has 0 aromatic carbocycles. The van der Waals surface area contributed by atoms with Crippen molar-refractivity contribution in [2.45, 2.75) is 13.3 Å². The van der Waals surface area contributed by atoms with Crippen LogP contribution in [0.25, 0.3) is 17.1 Å². The highest BCUT2D eigenvalue weighted by Crippen LogP contribution is 2.18. The molecule has 19 heavy (non-hydrogen) atoms. The molecule has 0 aliphatic carbocycles. The number of nitrogens with one attached hydrogen (secondary N) is 1. The summed E-state index contributed by atoms with van der Waals surface area (Å²) >= 11 is 0. The third-order valence-corrected chi connectivity index (χ3v) is 3.06. The molecule has 0 atom stereocenters. The van der Waals surface area contributed by atoms with E-state index in [1.54, 1.807) is 31.4 Å². The molecule has 3 aromatic rings. The van der Waals surface area contributed by atoms with Crippen LogP contribution < -0.4 is 5.56 Å². The fourth-order valence-electron chi connectivity index (χ4n) is 2.13. The van der Waals surface area contributed by atoms with Gasteiger partial charge in [0.1, 0.15) is 5.69 Å². The molecule has 6 heteroatoms. The van der Waals surface area contributed by atoms with E-state index in [0.29, 0.717) is 34.8 Å². The van der Waals surface area contributed by atoms with Crippen molar-refractivity contribution in [2.24, 2.45) is 0 Å². The van der Waals surface area contributed by atoms with E-state index in [-0.39, 0.29) is 12.2 Å². The molecule has 2 N–H and O–H groups in total. The highest BCUT2D eigenvalue weighted by molar-refractivity contribution is 5.59. The van der Waals surface area contributed by atoms with Crippen LogP contribution in [0.15, 0.2) is 33.7 Å². The molecule has 3 rings (SSSR count). The Bertz CT molecular complexity index is 768. The number of rotatable bonds is 3. The zero-order valence-corrected chi connectivity index (χ0v) is 10.4. The summed E-state index contributed by atoms with van der Waals surface area (Å²) in [5.41, 5.74) is 2.21. The van der Waals surface area contributed by atoms with E-state index in [2.05, 4.69) is 10.1 Å². The van der Waals surface area contributed by atoms with E-state index in [4.69, 9.17) is 9.52 Å². The fraction of sp³-hybridized carbons (Fsp3) is 0.231. The predicted octanol–water partition coefficient (Wildman–Crippen LogP) is 1.13. The zero-order chi connectivity index (χ0) is 13.4. The number of nitrogens with zero attached hydrogens (tertiary/aromatic N) is 2. The maximum absolute atomic E-state index is 12.3. The van der Waals surface area contributed by atoms with E-state index >= 15 is 0 Å². The number of aliphatic hydroxyl groups is 1. The molecule has 98 valence electrons. The first-order valence-electron chi connectivity index (χ1n) is 5.96. The van der Waals surface area contributed by atoms with E-state index in [1.165, 1.54) is 4.52 Å². The number of aryl methyl sites for hydroxylation is 1. The number of aliphatic hydroxyl groups excluding tert-OH is 1. The van der Waals surface area contributed by atoms with Gasteiger partial charge >= 0.3 is 0 Å². The van der Waals surface area contributed by atoms with Crippen LogP contribution in [-0.2, 0) is 6.42 Å². The molecule has 0 saturated carbocycles. The molecule has 0 fully saturated rings. The summed E-state index contributed by atoms with van der Waals surface area (Å²) in [7, 11) is 0. The molecule has 0 unspecified atom stereocenters. The molecule has 0 aliphatic rings. The van der Waals surface area contributed by atoms with Crippen molar-refractivity contribution in [3.05, 3.63) is 46.1 Å². The van der Waals surface area contributed by atoms with Gasteiger partial charge in [0.2, 0.25) is 0 Å². The number of hydrogen-bond acceptors (Lipinski definition) is 4. The Hall–Kier alpha value is -2.34. The molecule has 0 spiro atoms. The fourth-order valence-corrected chi connectivity index (χ4v) is 2.13. The Morgan fingerprint density at radius 2 is 2.37 bits per heavy atom. The second-order valence-corrected chi connectivity index (χ2v) is 4.30. The first kappa shape index (κ1) is 11.7. The van der Waals surface area contributed by atoms with Crippen molar-refractivity contribution in [3.8, 4) is 11.5 Å². The normalized spacial score (nSPS) is 11.3. The highest BCUT2D eigenvalue weighted by Gasteiger charge is 2.13. The Morgan fingerprint density at radius 3 is 3.05 bits per heavy atom. The van der Waals surface area contributed by atoms with Gasteiger partial charge in [0, 0.05) is 30.4 Å². The van der Waals surface area contributed by atoms with Crippen LogP contribution in [-0.4, -0.2) is 26.3 Å². The number of aromatic amines is 1. The van der Waals surface area contributed by atoms with Gasteiger partial charge in [-0.3, -0.25) is 9.89 Å². The smallest absolute Gasteiger partial charge is 0.276 e. The monoisotopic (exact) mass is 259 g/mol. The average Bonchev–Trinajstić information content (AvgIpc) is 3.02. The summed E-state index contributed by atoms with van der Waals surface area (Å²) < 4.78 is 6.65. The lowest BCUT2D eigenvalue weighted by Gasteiger charge is -2.02. The second-order valence-electron chi connectivity index (χ2n) is 4.30. The van der Waals surface area contributed by atoms with Crippen molar-refractivity contribution in [2.75, 3.05) is 6.61 Å². The van der Waals surface area contributed by atoms with Gasteiger partial charge < -0.3 is 9.52 Å². The molecule has 0 radical (unpaired) electrons. The topological polar surface area (TPSA) is 83.5 Å². The minimum absolute atomic E-state index is 0.0738. The molecule has 0 saturated heterocycles. The largest absolute Gasteiger partial charge is 0.463 e. The van der Waals surface area contributed by atoms with Gasteiger partial charge in [0.15, 0.2) is 11.4 Å². The first-order chi connectivity index (χ1) is 9.20. The zero-order valence-electron chi connectivity index (χ0n) is 10.4. The predicted molar refractivity (Wildman–Crippen MR) is 69.0 cm³/mol. The van der Waals surface area contributed by atoms with Gasteiger partial charge in [0.05, 0.1) is 6.26 Å². The lowest BCUT2D eigenvalue weighted by molar-refractivity contribution is 0.298. The van der Waals surface area contributed by atoms with Crippen molar-refractivity contribution in [1.29, 1.82) is 0 Å². The summed E-state index contributed by atoms with van der Waals surface area (Å²) in [5, 5.41) is 12.0. The van der Waals surface area contributed by atoms with Crippen molar-refractivity contribution in [3.63, 3.8) is 0 Å². The van der Waals surface area contributed by atoms with Crippen molar-refractivity contribution >= 4 is 5.65 Å². The van der Waals surface area contributed by atoms with E-state index < -0.39 is 0 Å². The molecule has 0 amide bonds. The number of hydrogen-bond donors (Lipinski definition) is 2. The molecular formula is C13H13N3O3. The highest BCUT2D eigenvalue weighted by atomic mass is 16.3. The number of furan rings is 1. The Kier molecular flexibility index (Phi) is 2.72. The van der Waals surface area contributed by atoms with Gasteiger partial charge in [-0.1, -0.05) is 0 Å². The van der Waals surface area contributed by atoms with Gasteiger partial charge in [-0.05, 0) is 19.1 Å². The molecule has 0 aliphatic heterocycles. The Labute approximate surface area is 108 Å². The third kappa shape index (κ3) is 1.86. The van der Waals surface area contributed by atoms with Gasteiger partial charge in [0.25, 0.3) is 5.56 Å². The second kappa shape index (κ2) is 4.40. The van der Waals surface area contributed by atoms with Crippen LogP contribution in [0.4, 0.5) is 0 Å². The standard InChI is InChI=1S/C13H13N3O3/c1-8-9(4-5-17)13(18)16-12(14-8)7-10(15-16)11-3-2-6-19-11/h2-3,6-7,15,17H,4-5H2,1H3. The van der Waals surface area contributed by atoms with Crippen LogP contribution in [0, 0.1) is 6.92 Å². The summed E-state index contributed by atoms with van der Waals surface area (Å²) in [4.78, 5) is 16.6. The maximum Gasteiger partial charge on any atom is 0.276 e. The molecular weight excluding hydrogens is 246 g/mol. The molecule has 6 nitrogen and oxygen atoms in total. The van der Waals surface area contributed by atoms with Crippen molar-refractivity contribution in [1.82, 2.24) is 14.6 Å². The maximum atomic E-state index is 12.3. The van der Waals surface area contributed by atoms with Crippen LogP contribution in [0.1, 0.15) is 11.3 Å². The molecule has 3 aromatic heterocycles. The van der Waals surface area contributed by atoms with Gasteiger partial charge in [-0.2, -0.15) is 0 Å². The summed E-state index contributed by atoms with van der Waals surface area (Å²) in [6.45, 7) is 1.70. The quantitative estimate of drug-likeness (QED) is 0.738. The summed E-state index contributed by atoms with van der Waals surface area (Å²) in [5.74, 6) is 0.645. The van der Waals surface area contributed by atoms with Crippen LogP contribution in [0.3, 0.4) is 0 Å². The van der Waals surface area contributed by atoms with Crippen LogP contribution >= 0.6 is 0 Å². The van der Waals surface area contributed by atoms with Crippen molar-refractivity contribution < 1.29 is 9.52 Å². The Balaban J connectivity index is 2.24. The van der Waals surface area contributed by atoms with Crippen LogP contribution in [0.2, 0.25) is 0 Å². The van der Waals surface area contributed by atoms with E-state index in [9.17, 15) is 4.79 Å². The lowest BCUT2D eigenvalue weighted by Crippen LogP contribution is -2.22. The number of aromatic nitrogens is 3. The lowest BCUT2D eigenvalue weighted by atomic mass is 10.2. The van der Waals surface area contributed by atoms with E-state index in [1.807, 2.05) is 0 Å². The average molecular weight is 259 g/mol. The number of fused-ring (bicyclic) bond motifs is 1. The number of H-pyrrole nitrogens is 1. The minimum atomic E-state index is -0.186. The van der Waals surface area contributed by atoms with E-state index in [0.717, 1.165) is 0 Å². The summed E-state index contributed by atoms with van der Waals surface area (Å²) in [6, 6.07) is 5.34. The SMILES string of the molecule is Cc1nc2cc(-c3ccco3)[nH]n2c(=O)c1CCO. The van der Waals surface area contributed by atoms with Gasteiger partial charge in [-0.25, -0.2) is 9.50 Å². The molecule has 3 heterocycles. The summed E-state index contributed by atoms with van der Waals surface area (Å²) in [6.07, 6.45) is 1.87. The Morgan fingerprint density at radius 1 is 1.53 bits per heavy atom. The molecule has 0 bridgehead atoms.